The Labute approximate surface area is 73.1 Å². The van der Waals surface area contributed by atoms with Crippen molar-refractivity contribution < 1.29 is 12.9 Å². The monoisotopic (exact) mass is 187 g/mol. The molecule has 0 amide bonds. The summed E-state index contributed by atoms with van der Waals surface area (Å²) in [5.74, 6) is 0. The second-order valence-electron chi connectivity index (χ2n) is 2.14. The Morgan fingerprint density at radius 1 is 1.50 bits per heavy atom. The van der Waals surface area contributed by atoms with E-state index >= 15 is 0 Å². The molecule has 1 aromatic rings. The van der Waals surface area contributed by atoms with Crippen LogP contribution in [-0.2, 0) is 22.0 Å². The fourth-order valence-electron chi connectivity index (χ4n) is 0.780. The van der Waals surface area contributed by atoms with Crippen LogP contribution >= 0.6 is 0 Å². The first-order valence-corrected chi connectivity index (χ1v) is 4.45. The van der Waals surface area contributed by atoms with Gasteiger partial charge in [0, 0.05) is 12.4 Å². The number of hydrogen-bond donors (Lipinski definition) is 1. The standard InChI is InChI=1S/C7H9NO3S/c9-12(10)11-6-3-7-1-4-8-5-2-7/h1-2,4-5H,3,6H2,(H,9,10). The van der Waals surface area contributed by atoms with Gasteiger partial charge in [-0.05, 0) is 24.1 Å². The van der Waals surface area contributed by atoms with E-state index in [1.165, 1.54) is 0 Å². The van der Waals surface area contributed by atoms with Gasteiger partial charge in [0.2, 0.25) is 0 Å². The van der Waals surface area contributed by atoms with Gasteiger partial charge < -0.3 is 0 Å². The van der Waals surface area contributed by atoms with E-state index in [-0.39, 0.29) is 6.61 Å². The van der Waals surface area contributed by atoms with Gasteiger partial charge in [0.25, 0.3) is 0 Å². The summed E-state index contributed by atoms with van der Waals surface area (Å²) >= 11 is -2.15. The third-order valence-electron chi connectivity index (χ3n) is 1.32. The molecular weight excluding hydrogens is 178 g/mol. The van der Waals surface area contributed by atoms with Crippen LogP contribution < -0.4 is 0 Å². The molecule has 0 fully saturated rings. The highest BCUT2D eigenvalue weighted by Crippen LogP contribution is 1.97. The molecule has 1 aromatic heterocycles. The topological polar surface area (TPSA) is 59.4 Å². The van der Waals surface area contributed by atoms with Crippen molar-refractivity contribution in [1.29, 1.82) is 0 Å². The molecule has 0 aromatic carbocycles. The number of nitrogens with zero attached hydrogens (tertiary/aromatic N) is 1. The summed E-state index contributed by atoms with van der Waals surface area (Å²) in [6.07, 6.45) is 3.96. The first kappa shape index (κ1) is 9.31. The molecule has 0 radical (unpaired) electrons. The molecule has 12 heavy (non-hydrogen) atoms. The van der Waals surface area contributed by atoms with Crippen molar-refractivity contribution >= 4 is 11.4 Å². The van der Waals surface area contributed by atoms with Crippen LogP contribution in [-0.4, -0.2) is 20.4 Å². The van der Waals surface area contributed by atoms with Crippen molar-refractivity contribution in [3.63, 3.8) is 0 Å². The van der Waals surface area contributed by atoms with E-state index in [4.69, 9.17) is 4.55 Å². The molecule has 0 saturated heterocycles. The molecule has 1 N–H and O–H groups in total. The second-order valence-corrected chi connectivity index (χ2v) is 2.81. The van der Waals surface area contributed by atoms with Crippen molar-refractivity contribution in [3.8, 4) is 0 Å². The molecule has 0 spiro atoms. The van der Waals surface area contributed by atoms with Gasteiger partial charge in [-0.2, -0.15) is 4.21 Å². The van der Waals surface area contributed by atoms with E-state index in [0.29, 0.717) is 6.42 Å². The quantitative estimate of drug-likeness (QED) is 0.707. The summed E-state index contributed by atoms with van der Waals surface area (Å²) in [5, 5.41) is 0. The zero-order valence-corrected chi connectivity index (χ0v) is 7.16. The lowest BCUT2D eigenvalue weighted by atomic mass is 10.2. The molecule has 1 atom stereocenters. The third-order valence-corrected chi connectivity index (χ3v) is 1.69. The maximum Gasteiger partial charge on any atom is 0.301 e. The minimum atomic E-state index is -2.15. The molecule has 0 aliphatic carbocycles. The van der Waals surface area contributed by atoms with Crippen molar-refractivity contribution in [2.75, 3.05) is 6.61 Å². The van der Waals surface area contributed by atoms with Crippen molar-refractivity contribution in [2.45, 2.75) is 6.42 Å². The second kappa shape index (κ2) is 4.97. The highest BCUT2D eigenvalue weighted by Gasteiger charge is 1.94. The summed E-state index contributed by atoms with van der Waals surface area (Å²) in [4.78, 5) is 3.84. The van der Waals surface area contributed by atoms with Crippen LogP contribution in [0, 0.1) is 0 Å². The normalized spacial score (nSPS) is 12.8. The average Bonchev–Trinajstić information content (AvgIpc) is 2.05. The van der Waals surface area contributed by atoms with Gasteiger partial charge in [-0.3, -0.25) is 13.7 Å². The molecule has 1 unspecified atom stereocenters. The summed E-state index contributed by atoms with van der Waals surface area (Å²) in [7, 11) is 0. The number of rotatable bonds is 4. The summed E-state index contributed by atoms with van der Waals surface area (Å²) in [6, 6.07) is 3.67. The van der Waals surface area contributed by atoms with E-state index in [9.17, 15) is 4.21 Å². The molecule has 1 heterocycles. The van der Waals surface area contributed by atoms with Crippen LogP contribution in [0.4, 0.5) is 0 Å². The molecule has 0 saturated carbocycles. The van der Waals surface area contributed by atoms with Gasteiger partial charge in [0.05, 0.1) is 6.61 Å². The van der Waals surface area contributed by atoms with Crippen molar-refractivity contribution in [3.05, 3.63) is 30.1 Å². The van der Waals surface area contributed by atoms with E-state index in [1.54, 1.807) is 12.4 Å². The highest BCUT2D eigenvalue weighted by molar-refractivity contribution is 7.74. The lowest BCUT2D eigenvalue weighted by Crippen LogP contribution is -2.00. The van der Waals surface area contributed by atoms with Crippen molar-refractivity contribution in [1.82, 2.24) is 4.98 Å². The fourth-order valence-corrected chi connectivity index (χ4v) is 1.01. The Balaban J connectivity index is 2.29. The summed E-state index contributed by atoms with van der Waals surface area (Å²) in [6.45, 7) is 0.243. The maximum absolute atomic E-state index is 10.1. The Morgan fingerprint density at radius 3 is 2.75 bits per heavy atom. The molecular formula is C7H9NO3S. The Bertz CT molecular complexity index is 252. The number of pyridine rings is 1. The van der Waals surface area contributed by atoms with Crippen molar-refractivity contribution in [2.24, 2.45) is 0 Å². The van der Waals surface area contributed by atoms with Crippen LogP contribution in [0.1, 0.15) is 5.56 Å². The largest absolute Gasteiger partial charge is 0.301 e. The van der Waals surface area contributed by atoms with Gasteiger partial charge >= 0.3 is 11.4 Å². The smallest absolute Gasteiger partial charge is 0.284 e. The summed E-state index contributed by atoms with van der Waals surface area (Å²) < 4.78 is 22.8. The zero-order valence-electron chi connectivity index (χ0n) is 6.34. The van der Waals surface area contributed by atoms with Gasteiger partial charge in [-0.15, -0.1) is 0 Å². The fraction of sp³-hybridized carbons (Fsp3) is 0.286. The minimum absolute atomic E-state index is 0.243. The van der Waals surface area contributed by atoms with Crippen LogP contribution in [0.5, 0.6) is 0 Å². The molecule has 1 rings (SSSR count). The lowest BCUT2D eigenvalue weighted by molar-refractivity contribution is 0.310. The summed E-state index contributed by atoms with van der Waals surface area (Å²) in [5.41, 5.74) is 1.04. The average molecular weight is 187 g/mol. The van der Waals surface area contributed by atoms with E-state index < -0.39 is 11.4 Å². The molecule has 0 aliphatic heterocycles. The molecule has 0 bridgehead atoms. The predicted octanol–water partition coefficient (Wildman–Crippen LogP) is 0.777. The SMILES string of the molecule is O=S(O)OCCc1ccncc1. The Hall–Kier alpha value is -0.780. The van der Waals surface area contributed by atoms with E-state index in [2.05, 4.69) is 9.17 Å². The Morgan fingerprint density at radius 2 is 2.17 bits per heavy atom. The van der Waals surface area contributed by atoms with Crippen LogP contribution in [0.2, 0.25) is 0 Å². The first-order chi connectivity index (χ1) is 5.79. The van der Waals surface area contributed by atoms with Gasteiger partial charge in [-0.1, -0.05) is 0 Å². The maximum atomic E-state index is 10.1. The van der Waals surface area contributed by atoms with Gasteiger partial charge in [0.1, 0.15) is 0 Å². The number of aromatic nitrogens is 1. The first-order valence-electron chi connectivity index (χ1n) is 3.42. The third kappa shape index (κ3) is 3.56. The number of hydrogen-bond acceptors (Lipinski definition) is 3. The van der Waals surface area contributed by atoms with Gasteiger partial charge in [-0.25, -0.2) is 0 Å². The van der Waals surface area contributed by atoms with E-state index in [1.807, 2.05) is 12.1 Å². The van der Waals surface area contributed by atoms with Gasteiger partial charge in [0.15, 0.2) is 0 Å². The van der Waals surface area contributed by atoms with Crippen LogP contribution in [0.25, 0.3) is 0 Å². The highest BCUT2D eigenvalue weighted by atomic mass is 32.2. The molecule has 0 aliphatic rings. The molecule has 4 nitrogen and oxygen atoms in total. The molecule has 66 valence electrons. The molecule has 5 heteroatoms. The zero-order chi connectivity index (χ0) is 8.81. The Kier molecular flexibility index (Phi) is 3.86. The minimum Gasteiger partial charge on any atom is -0.284 e. The predicted molar refractivity (Wildman–Crippen MR) is 44.7 cm³/mol. The van der Waals surface area contributed by atoms with E-state index in [0.717, 1.165) is 5.56 Å². The lowest BCUT2D eigenvalue weighted by Gasteiger charge is -1.98. The van der Waals surface area contributed by atoms with Crippen LogP contribution in [0.3, 0.4) is 0 Å². The van der Waals surface area contributed by atoms with Crippen LogP contribution in [0.15, 0.2) is 24.5 Å².